The zero-order chi connectivity index (χ0) is 18.0. The molecule has 0 bridgehead atoms. The molecular weight excluding hydrogens is 340 g/mol. The fourth-order valence-electron chi connectivity index (χ4n) is 2.94. The first kappa shape index (κ1) is 17.5. The van der Waals surface area contributed by atoms with E-state index < -0.39 is 10.0 Å². The topological polar surface area (TPSA) is 84.4 Å². The molecule has 2 aromatic rings. The van der Waals surface area contributed by atoms with Crippen molar-refractivity contribution in [3.63, 3.8) is 0 Å². The molecule has 25 heavy (non-hydrogen) atoms. The first-order valence-corrected chi connectivity index (χ1v) is 9.64. The van der Waals surface area contributed by atoms with E-state index in [1.807, 2.05) is 6.92 Å². The van der Waals surface area contributed by atoms with Crippen LogP contribution in [-0.4, -0.2) is 38.6 Å². The lowest BCUT2D eigenvalue weighted by molar-refractivity contribution is 0.411. The van der Waals surface area contributed by atoms with Crippen LogP contribution in [0.4, 0.5) is 11.6 Å². The second kappa shape index (κ2) is 6.87. The molecule has 1 saturated heterocycles. The molecule has 0 radical (unpaired) electrons. The summed E-state index contributed by atoms with van der Waals surface area (Å²) in [6, 6.07) is 3.33. The van der Waals surface area contributed by atoms with Crippen LogP contribution in [0, 0.1) is 13.8 Å². The monoisotopic (exact) mass is 362 g/mol. The number of rotatable bonds is 5. The average molecular weight is 362 g/mol. The number of hydrogen-bond acceptors (Lipinski definition) is 6. The predicted molar refractivity (Wildman–Crippen MR) is 96.8 cm³/mol. The second-order valence-electron chi connectivity index (χ2n) is 6.16. The van der Waals surface area contributed by atoms with Gasteiger partial charge in [-0.2, -0.15) is 0 Å². The molecule has 134 valence electrons. The van der Waals surface area contributed by atoms with E-state index in [4.69, 9.17) is 4.74 Å². The minimum atomic E-state index is -3.72. The average Bonchev–Trinajstić information content (AvgIpc) is 3.11. The van der Waals surface area contributed by atoms with Crippen molar-refractivity contribution >= 4 is 21.7 Å². The number of ether oxygens (including phenoxy) is 1. The zero-order valence-electron chi connectivity index (χ0n) is 14.6. The highest BCUT2D eigenvalue weighted by molar-refractivity contribution is 7.92. The number of benzene rings is 1. The SMILES string of the molecule is COc1cc(C)c(S(=O)(=O)Nc2cnc(N3CCCC3)nc2)cc1C. The zero-order valence-corrected chi connectivity index (χ0v) is 15.4. The van der Waals surface area contributed by atoms with E-state index in [9.17, 15) is 8.42 Å². The molecule has 0 unspecified atom stereocenters. The Morgan fingerprint density at radius 3 is 2.32 bits per heavy atom. The van der Waals surface area contributed by atoms with Crippen LogP contribution in [0.25, 0.3) is 0 Å². The fraction of sp³-hybridized carbons (Fsp3) is 0.412. The molecule has 1 aliphatic heterocycles. The van der Waals surface area contributed by atoms with Crippen LogP contribution in [0.5, 0.6) is 5.75 Å². The van der Waals surface area contributed by atoms with Crippen molar-refractivity contribution in [3.05, 3.63) is 35.7 Å². The van der Waals surface area contributed by atoms with Gasteiger partial charge in [0.15, 0.2) is 0 Å². The van der Waals surface area contributed by atoms with Gasteiger partial charge in [-0.05, 0) is 49.9 Å². The van der Waals surface area contributed by atoms with Gasteiger partial charge in [0.1, 0.15) is 5.75 Å². The Hall–Kier alpha value is -2.35. The summed E-state index contributed by atoms with van der Waals surface area (Å²) in [7, 11) is -2.16. The van der Waals surface area contributed by atoms with E-state index in [1.54, 1.807) is 26.2 Å². The first-order valence-electron chi connectivity index (χ1n) is 8.16. The summed E-state index contributed by atoms with van der Waals surface area (Å²) >= 11 is 0. The molecule has 0 saturated carbocycles. The molecule has 1 aromatic carbocycles. The molecule has 3 rings (SSSR count). The lowest BCUT2D eigenvalue weighted by Crippen LogP contribution is -2.21. The molecule has 0 aliphatic carbocycles. The summed E-state index contributed by atoms with van der Waals surface area (Å²) in [5.41, 5.74) is 1.72. The van der Waals surface area contributed by atoms with Gasteiger partial charge in [0, 0.05) is 13.1 Å². The Bertz CT molecular complexity index is 860. The molecule has 0 amide bonds. The van der Waals surface area contributed by atoms with Crippen LogP contribution >= 0.6 is 0 Å². The van der Waals surface area contributed by atoms with Crippen LogP contribution < -0.4 is 14.4 Å². The Morgan fingerprint density at radius 1 is 1.08 bits per heavy atom. The van der Waals surface area contributed by atoms with Crippen molar-refractivity contribution in [1.29, 1.82) is 0 Å². The quantitative estimate of drug-likeness (QED) is 0.880. The summed E-state index contributed by atoms with van der Waals surface area (Å²) in [6.45, 7) is 5.43. The number of methoxy groups -OCH3 is 1. The van der Waals surface area contributed by atoms with Crippen molar-refractivity contribution in [2.45, 2.75) is 31.6 Å². The van der Waals surface area contributed by atoms with E-state index in [0.29, 0.717) is 22.9 Å². The number of nitrogens with zero attached hydrogens (tertiary/aromatic N) is 3. The van der Waals surface area contributed by atoms with Crippen molar-refractivity contribution in [3.8, 4) is 5.75 Å². The Balaban J connectivity index is 1.83. The predicted octanol–water partition coefficient (Wildman–Crippen LogP) is 2.50. The van der Waals surface area contributed by atoms with E-state index in [1.165, 1.54) is 12.4 Å². The highest BCUT2D eigenvalue weighted by Crippen LogP contribution is 2.27. The van der Waals surface area contributed by atoms with Crippen LogP contribution in [-0.2, 0) is 10.0 Å². The molecule has 0 spiro atoms. The fourth-order valence-corrected chi connectivity index (χ4v) is 4.28. The van der Waals surface area contributed by atoms with Gasteiger partial charge in [0.05, 0.1) is 30.1 Å². The van der Waals surface area contributed by atoms with Gasteiger partial charge in [-0.3, -0.25) is 4.72 Å². The number of aromatic nitrogens is 2. The Morgan fingerprint density at radius 2 is 1.72 bits per heavy atom. The molecule has 8 heteroatoms. The highest BCUT2D eigenvalue weighted by Gasteiger charge is 2.20. The Labute approximate surface area is 148 Å². The molecule has 1 aliphatic rings. The summed E-state index contributed by atoms with van der Waals surface area (Å²) in [6.07, 6.45) is 5.27. The van der Waals surface area contributed by atoms with Crippen LogP contribution in [0.2, 0.25) is 0 Å². The van der Waals surface area contributed by atoms with Gasteiger partial charge >= 0.3 is 0 Å². The Kier molecular flexibility index (Phi) is 4.80. The summed E-state index contributed by atoms with van der Waals surface area (Å²) in [5.74, 6) is 1.30. The summed E-state index contributed by atoms with van der Waals surface area (Å²) in [5, 5.41) is 0. The standard InChI is InChI=1S/C17H22N4O3S/c1-12-9-16(13(2)8-15(12)24-3)25(22,23)20-14-10-18-17(19-11-14)21-6-4-5-7-21/h8-11,20H,4-7H2,1-3H3. The number of sulfonamides is 1. The molecule has 1 fully saturated rings. The normalized spacial score (nSPS) is 14.6. The third-order valence-corrected chi connectivity index (χ3v) is 5.78. The van der Waals surface area contributed by atoms with Crippen LogP contribution in [0.15, 0.2) is 29.4 Å². The summed E-state index contributed by atoms with van der Waals surface area (Å²) < 4.78 is 33.2. The van der Waals surface area contributed by atoms with Gasteiger partial charge in [-0.25, -0.2) is 18.4 Å². The molecule has 1 N–H and O–H groups in total. The lowest BCUT2D eigenvalue weighted by Gasteiger charge is -2.16. The van der Waals surface area contributed by atoms with E-state index >= 15 is 0 Å². The van der Waals surface area contributed by atoms with Crippen LogP contribution in [0.1, 0.15) is 24.0 Å². The minimum absolute atomic E-state index is 0.217. The van der Waals surface area contributed by atoms with Gasteiger partial charge < -0.3 is 9.64 Å². The van der Waals surface area contributed by atoms with Gasteiger partial charge in [0.25, 0.3) is 10.0 Å². The number of aryl methyl sites for hydroxylation is 2. The maximum atomic E-state index is 12.7. The maximum Gasteiger partial charge on any atom is 0.262 e. The molecule has 7 nitrogen and oxygen atoms in total. The van der Waals surface area contributed by atoms with Gasteiger partial charge in [-0.15, -0.1) is 0 Å². The molecule has 2 heterocycles. The third-order valence-electron chi connectivity index (χ3n) is 4.26. The minimum Gasteiger partial charge on any atom is -0.496 e. The van der Waals surface area contributed by atoms with E-state index in [2.05, 4.69) is 19.6 Å². The van der Waals surface area contributed by atoms with Gasteiger partial charge in [0.2, 0.25) is 5.95 Å². The number of hydrogen-bond donors (Lipinski definition) is 1. The van der Waals surface area contributed by atoms with E-state index in [-0.39, 0.29) is 4.90 Å². The number of nitrogens with one attached hydrogen (secondary N) is 1. The van der Waals surface area contributed by atoms with Crippen molar-refractivity contribution in [1.82, 2.24) is 9.97 Å². The summed E-state index contributed by atoms with van der Waals surface area (Å²) in [4.78, 5) is 10.9. The highest BCUT2D eigenvalue weighted by atomic mass is 32.2. The third kappa shape index (κ3) is 3.68. The van der Waals surface area contributed by atoms with Crippen molar-refractivity contribution in [2.24, 2.45) is 0 Å². The lowest BCUT2D eigenvalue weighted by atomic mass is 10.1. The first-order chi connectivity index (χ1) is 11.9. The van der Waals surface area contributed by atoms with Crippen LogP contribution in [0.3, 0.4) is 0 Å². The largest absolute Gasteiger partial charge is 0.496 e. The van der Waals surface area contributed by atoms with Crippen molar-refractivity contribution in [2.75, 3.05) is 29.8 Å². The van der Waals surface area contributed by atoms with E-state index in [0.717, 1.165) is 31.5 Å². The van der Waals surface area contributed by atoms with Crippen molar-refractivity contribution < 1.29 is 13.2 Å². The number of anilines is 2. The molecule has 1 aromatic heterocycles. The molecular formula is C17H22N4O3S. The smallest absolute Gasteiger partial charge is 0.262 e. The van der Waals surface area contributed by atoms with Gasteiger partial charge in [-0.1, -0.05) is 0 Å². The maximum absolute atomic E-state index is 12.7. The second-order valence-corrected chi connectivity index (χ2v) is 7.81. The molecule has 0 atom stereocenters.